The van der Waals surface area contributed by atoms with Gasteiger partial charge >= 0.3 is 0 Å². The highest BCUT2D eigenvalue weighted by atomic mass is 32.1. The molecule has 1 unspecified atom stereocenters. The van der Waals surface area contributed by atoms with Crippen molar-refractivity contribution in [3.05, 3.63) is 24.3 Å². The number of morpholine rings is 1. The minimum absolute atomic E-state index is 0.201. The van der Waals surface area contributed by atoms with Gasteiger partial charge in [0.25, 0.3) is 0 Å². The standard InChI is InChI=1S/C20H32N6OS/c1-15(2)13-26-10-11-27-16(14-26)12-24-19(21-3)22-8-9-23-20-25-17-6-4-5-7-18(17)28-20/h4-7,15-16H,8-14H2,1-3H3,(H,23,25)(H2,21,22,24). The number of nitrogens with zero attached hydrogens (tertiary/aromatic N) is 3. The molecule has 1 saturated heterocycles. The number of aromatic nitrogens is 1. The summed E-state index contributed by atoms with van der Waals surface area (Å²) in [4.78, 5) is 11.4. The van der Waals surface area contributed by atoms with Gasteiger partial charge in [0.2, 0.25) is 0 Å². The lowest BCUT2D eigenvalue weighted by atomic mass is 10.2. The van der Waals surface area contributed by atoms with E-state index in [2.05, 4.69) is 50.7 Å². The van der Waals surface area contributed by atoms with E-state index in [-0.39, 0.29) is 6.10 Å². The summed E-state index contributed by atoms with van der Waals surface area (Å²) in [7, 11) is 1.79. The molecule has 1 aromatic carbocycles. The van der Waals surface area contributed by atoms with Crippen molar-refractivity contribution in [3.8, 4) is 0 Å². The topological polar surface area (TPSA) is 73.8 Å². The lowest BCUT2D eigenvalue weighted by Crippen LogP contribution is -2.50. The van der Waals surface area contributed by atoms with E-state index in [1.165, 1.54) is 4.70 Å². The summed E-state index contributed by atoms with van der Waals surface area (Å²) in [6.45, 7) is 10.8. The van der Waals surface area contributed by atoms with Crippen LogP contribution in [-0.2, 0) is 4.74 Å². The van der Waals surface area contributed by atoms with E-state index in [0.29, 0.717) is 5.92 Å². The smallest absolute Gasteiger partial charge is 0.191 e. The van der Waals surface area contributed by atoms with Crippen LogP contribution < -0.4 is 16.0 Å². The van der Waals surface area contributed by atoms with Crippen LogP contribution in [0.4, 0.5) is 5.13 Å². The predicted molar refractivity (Wildman–Crippen MR) is 118 cm³/mol. The first-order chi connectivity index (χ1) is 13.6. The molecule has 7 nitrogen and oxygen atoms in total. The zero-order chi connectivity index (χ0) is 19.8. The summed E-state index contributed by atoms with van der Waals surface area (Å²) in [5.41, 5.74) is 1.04. The molecule has 3 N–H and O–H groups in total. The Morgan fingerprint density at radius 3 is 2.96 bits per heavy atom. The maximum absolute atomic E-state index is 5.89. The predicted octanol–water partition coefficient (Wildman–Crippen LogP) is 2.23. The van der Waals surface area contributed by atoms with Crippen molar-refractivity contribution in [2.75, 3.05) is 58.2 Å². The molecule has 154 valence electrons. The zero-order valence-corrected chi connectivity index (χ0v) is 17.9. The van der Waals surface area contributed by atoms with Crippen LogP contribution in [0, 0.1) is 5.92 Å². The number of hydrogen-bond donors (Lipinski definition) is 3. The van der Waals surface area contributed by atoms with E-state index in [4.69, 9.17) is 4.74 Å². The first-order valence-corrected chi connectivity index (χ1v) is 10.8. The normalized spacial score (nSPS) is 18.6. The monoisotopic (exact) mass is 404 g/mol. The highest BCUT2D eigenvalue weighted by Crippen LogP contribution is 2.24. The zero-order valence-electron chi connectivity index (χ0n) is 17.1. The quantitative estimate of drug-likeness (QED) is 0.356. The fourth-order valence-electron chi connectivity index (χ4n) is 3.32. The van der Waals surface area contributed by atoms with Gasteiger partial charge in [0.05, 0.1) is 22.9 Å². The van der Waals surface area contributed by atoms with Crippen molar-refractivity contribution < 1.29 is 4.74 Å². The van der Waals surface area contributed by atoms with Crippen LogP contribution in [0.5, 0.6) is 0 Å². The molecule has 0 amide bonds. The minimum atomic E-state index is 0.201. The number of rotatable bonds is 8. The van der Waals surface area contributed by atoms with Crippen molar-refractivity contribution in [1.82, 2.24) is 20.5 Å². The number of anilines is 1. The molecular formula is C20H32N6OS. The summed E-state index contributed by atoms with van der Waals surface area (Å²) in [5, 5.41) is 11.0. The number of para-hydroxylation sites is 1. The summed E-state index contributed by atoms with van der Waals surface area (Å²) < 4.78 is 7.09. The summed E-state index contributed by atoms with van der Waals surface area (Å²) >= 11 is 1.68. The average Bonchev–Trinajstić information content (AvgIpc) is 3.10. The van der Waals surface area contributed by atoms with E-state index >= 15 is 0 Å². The Labute approximate surface area is 171 Å². The third-order valence-corrected chi connectivity index (χ3v) is 5.55. The largest absolute Gasteiger partial charge is 0.374 e. The van der Waals surface area contributed by atoms with Crippen LogP contribution in [0.1, 0.15) is 13.8 Å². The molecule has 8 heteroatoms. The fraction of sp³-hybridized carbons (Fsp3) is 0.600. The molecule has 0 aliphatic carbocycles. The number of ether oxygens (including phenoxy) is 1. The second-order valence-corrected chi connectivity index (χ2v) is 8.47. The van der Waals surface area contributed by atoms with Gasteiger partial charge in [0, 0.05) is 46.3 Å². The molecule has 1 aromatic heterocycles. The second kappa shape index (κ2) is 10.6. The van der Waals surface area contributed by atoms with Crippen LogP contribution in [0.3, 0.4) is 0 Å². The number of guanidine groups is 1. The highest BCUT2D eigenvalue weighted by Gasteiger charge is 2.21. The van der Waals surface area contributed by atoms with Gasteiger partial charge in [-0.1, -0.05) is 37.3 Å². The molecule has 2 heterocycles. The van der Waals surface area contributed by atoms with Crippen LogP contribution >= 0.6 is 11.3 Å². The van der Waals surface area contributed by atoms with Gasteiger partial charge in [-0.05, 0) is 18.1 Å². The Hall–Kier alpha value is -1.90. The lowest BCUT2D eigenvalue weighted by Gasteiger charge is -2.34. The molecule has 1 aliphatic rings. The van der Waals surface area contributed by atoms with Crippen molar-refractivity contribution in [2.24, 2.45) is 10.9 Å². The molecule has 1 fully saturated rings. The number of fused-ring (bicyclic) bond motifs is 1. The van der Waals surface area contributed by atoms with Crippen LogP contribution in [0.2, 0.25) is 0 Å². The molecule has 0 saturated carbocycles. The Kier molecular flexibility index (Phi) is 7.88. The van der Waals surface area contributed by atoms with Gasteiger partial charge in [0.15, 0.2) is 11.1 Å². The maximum Gasteiger partial charge on any atom is 0.191 e. The molecule has 0 bridgehead atoms. The number of thiazole rings is 1. The van der Waals surface area contributed by atoms with Crippen molar-refractivity contribution >= 4 is 32.6 Å². The fourth-order valence-corrected chi connectivity index (χ4v) is 4.21. The summed E-state index contributed by atoms with van der Waals surface area (Å²) in [6.07, 6.45) is 0.201. The van der Waals surface area contributed by atoms with Crippen molar-refractivity contribution in [2.45, 2.75) is 20.0 Å². The van der Waals surface area contributed by atoms with Gasteiger partial charge in [-0.2, -0.15) is 0 Å². The second-order valence-electron chi connectivity index (χ2n) is 7.44. The van der Waals surface area contributed by atoms with Crippen LogP contribution in [0.25, 0.3) is 10.2 Å². The molecule has 3 rings (SSSR count). The third-order valence-electron chi connectivity index (χ3n) is 4.55. The molecular weight excluding hydrogens is 372 g/mol. The van der Waals surface area contributed by atoms with Crippen LogP contribution in [-0.4, -0.2) is 74.9 Å². The van der Waals surface area contributed by atoms with Gasteiger partial charge in [0.1, 0.15) is 0 Å². The van der Waals surface area contributed by atoms with Gasteiger partial charge in [-0.3, -0.25) is 9.89 Å². The number of nitrogens with one attached hydrogen (secondary N) is 3. The molecule has 0 radical (unpaired) electrons. The van der Waals surface area contributed by atoms with E-state index in [9.17, 15) is 0 Å². The number of aliphatic imine (C=N–C) groups is 1. The highest BCUT2D eigenvalue weighted by molar-refractivity contribution is 7.22. The first-order valence-electron chi connectivity index (χ1n) is 10.0. The lowest BCUT2D eigenvalue weighted by molar-refractivity contribution is -0.0284. The van der Waals surface area contributed by atoms with E-state index in [1.54, 1.807) is 18.4 Å². The number of benzene rings is 1. The Balaban J connectivity index is 1.35. The van der Waals surface area contributed by atoms with Crippen molar-refractivity contribution in [3.63, 3.8) is 0 Å². The Bertz CT molecular complexity index is 729. The van der Waals surface area contributed by atoms with Gasteiger partial charge in [-0.25, -0.2) is 4.98 Å². The molecule has 1 atom stereocenters. The maximum atomic E-state index is 5.89. The summed E-state index contributed by atoms with van der Waals surface area (Å²) in [6, 6.07) is 8.19. The number of hydrogen-bond acceptors (Lipinski definition) is 6. The minimum Gasteiger partial charge on any atom is -0.374 e. The third kappa shape index (κ3) is 6.32. The molecule has 1 aliphatic heterocycles. The van der Waals surface area contributed by atoms with Crippen molar-refractivity contribution in [1.29, 1.82) is 0 Å². The van der Waals surface area contributed by atoms with E-state index in [1.807, 2.05) is 18.2 Å². The SMILES string of the molecule is CN=C(NCCNc1nc2ccccc2s1)NCC1CN(CC(C)C)CCO1. The summed E-state index contributed by atoms with van der Waals surface area (Å²) in [5.74, 6) is 1.49. The Morgan fingerprint density at radius 2 is 2.18 bits per heavy atom. The van der Waals surface area contributed by atoms with Gasteiger partial charge < -0.3 is 20.7 Å². The van der Waals surface area contributed by atoms with Gasteiger partial charge in [-0.15, -0.1) is 0 Å². The van der Waals surface area contributed by atoms with E-state index in [0.717, 1.165) is 62.5 Å². The van der Waals surface area contributed by atoms with E-state index < -0.39 is 0 Å². The Morgan fingerprint density at radius 1 is 1.32 bits per heavy atom. The molecule has 2 aromatic rings. The average molecular weight is 405 g/mol. The first kappa shape index (κ1) is 20.8. The molecule has 28 heavy (non-hydrogen) atoms. The van der Waals surface area contributed by atoms with Crippen LogP contribution in [0.15, 0.2) is 29.3 Å². The molecule has 0 spiro atoms.